The van der Waals surface area contributed by atoms with Crippen molar-refractivity contribution in [3.8, 4) is 0 Å². The van der Waals surface area contributed by atoms with Crippen LogP contribution in [0.3, 0.4) is 0 Å². The Morgan fingerprint density at radius 1 is 0.435 bits per heavy atom. The second-order valence-corrected chi connectivity index (χ2v) is 19.1. The van der Waals surface area contributed by atoms with Gasteiger partial charge in [-0.1, -0.05) is 214 Å². The normalized spacial score (nSPS) is 13.6. The fourth-order valence-electron chi connectivity index (χ4n) is 7.19. The lowest BCUT2D eigenvalue weighted by Crippen LogP contribution is -2.44. The Hall–Kier alpha value is -3.79. The van der Waals surface area contributed by atoms with Gasteiger partial charge in [0.25, 0.3) is 0 Å². The van der Waals surface area contributed by atoms with Gasteiger partial charge in [-0.25, -0.2) is 0 Å². The van der Waals surface area contributed by atoms with Crippen LogP contribution < -0.4 is 5.11 Å². The first-order valence-corrected chi connectivity index (χ1v) is 27.4. The molecule has 0 N–H and O–H groups in total. The highest BCUT2D eigenvalue weighted by Gasteiger charge is 2.21. The number of ether oxygens (including phenoxy) is 4. The summed E-state index contributed by atoms with van der Waals surface area (Å²) in [5.74, 6) is -2.39. The molecule has 0 heterocycles. The molecule has 9 heteroatoms. The summed E-state index contributed by atoms with van der Waals surface area (Å²) in [5, 5.41) is 11.7. The van der Waals surface area contributed by atoms with Crippen molar-refractivity contribution in [3.63, 3.8) is 0 Å². The molecule has 0 rings (SSSR count). The summed E-state index contributed by atoms with van der Waals surface area (Å²) in [7, 11) is 5.89. The molecular weight excluding hydrogens is 863 g/mol. The molecule has 0 bridgehead atoms. The van der Waals surface area contributed by atoms with Gasteiger partial charge < -0.3 is 33.3 Å². The molecule has 0 aromatic rings. The smallest absolute Gasteiger partial charge is 0.306 e. The van der Waals surface area contributed by atoms with Gasteiger partial charge in [-0.3, -0.25) is 9.59 Å². The van der Waals surface area contributed by atoms with Crippen LogP contribution in [0, 0.1) is 0 Å². The Balaban J connectivity index is 4.18. The van der Waals surface area contributed by atoms with E-state index in [-0.39, 0.29) is 32.7 Å². The lowest BCUT2D eigenvalue weighted by Gasteiger charge is -2.26. The van der Waals surface area contributed by atoms with Crippen molar-refractivity contribution in [3.05, 3.63) is 97.2 Å². The number of esters is 2. The van der Waals surface area contributed by atoms with Gasteiger partial charge in [-0.05, 0) is 77.0 Å². The molecule has 2 unspecified atom stereocenters. The first-order valence-electron chi connectivity index (χ1n) is 27.4. The average molecular weight is 964 g/mol. The molecule has 0 saturated carbocycles. The van der Waals surface area contributed by atoms with E-state index in [0.29, 0.717) is 23.9 Å². The number of aliphatic carboxylic acids is 1. The molecule has 9 nitrogen and oxygen atoms in total. The van der Waals surface area contributed by atoms with E-state index < -0.39 is 30.3 Å². The number of quaternary nitrogens is 1. The van der Waals surface area contributed by atoms with E-state index in [1.165, 1.54) is 96.3 Å². The minimum absolute atomic E-state index is 0.134. The number of carbonyl (C=O) groups excluding carboxylic acids is 3. The van der Waals surface area contributed by atoms with Crippen molar-refractivity contribution in [1.29, 1.82) is 0 Å². The van der Waals surface area contributed by atoms with Crippen LogP contribution >= 0.6 is 0 Å². The molecule has 2 atom stereocenters. The quantitative estimate of drug-likeness (QED) is 0.0195. The molecular formula is C60H101NO8. The third-order valence-electron chi connectivity index (χ3n) is 11.3. The van der Waals surface area contributed by atoms with Crippen LogP contribution in [0.15, 0.2) is 97.2 Å². The Morgan fingerprint density at radius 3 is 1.22 bits per heavy atom. The molecule has 0 saturated heterocycles. The zero-order valence-electron chi connectivity index (χ0n) is 44.6. The second-order valence-electron chi connectivity index (χ2n) is 19.1. The molecule has 0 fully saturated rings. The van der Waals surface area contributed by atoms with Crippen LogP contribution in [0.2, 0.25) is 0 Å². The van der Waals surface area contributed by atoms with E-state index in [2.05, 4.69) is 98.9 Å². The van der Waals surface area contributed by atoms with Crippen LogP contribution in [0.4, 0.5) is 0 Å². The third kappa shape index (κ3) is 51.9. The van der Waals surface area contributed by atoms with E-state index in [1.807, 2.05) is 33.3 Å². The number of hydrogen-bond donors (Lipinski definition) is 0. The number of carboxylic acids is 1. The number of unbranched alkanes of at least 4 members (excludes halogenated alkanes) is 18. The summed E-state index contributed by atoms with van der Waals surface area (Å²) in [4.78, 5) is 37.1. The van der Waals surface area contributed by atoms with E-state index in [1.54, 1.807) is 0 Å². The van der Waals surface area contributed by atoms with E-state index in [9.17, 15) is 19.5 Å². The van der Waals surface area contributed by atoms with Crippen molar-refractivity contribution >= 4 is 17.9 Å². The molecule has 0 aliphatic rings. The van der Waals surface area contributed by atoms with Crippen molar-refractivity contribution in [2.75, 3.05) is 47.5 Å². The Bertz CT molecular complexity index is 1450. The number of likely N-dealkylation sites (N-methyl/N-ethyl adjacent to an activating group) is 1. The predicted molar refractivity (Wildman–Crippen MR) is 287 cm³/mol. The zero-order valence-corrected chi connectivity index (χ0v) is 44.6. The standard InChI is InChI=1S/C60H101NO8/c1-6-8-10-12-14-16-18-20-21-22-23-24-25-26-27-28-29-30-31-32-33-34-35-36-37-39-41-43-45-47-49-51-58(63)69-56(55-68-60(59(64)65)66-53-52-61(3,4)5)54-67-57(62)50-48-46-44-42-40-38-19-17-15-13-11-9-7-2/h8-11,14-17,20-21,23-24,38,40,44,46,56,60H,6-7,12-13,18-19,22,25-37,39,41-43,45,47-55H2,1-5H3/b10-8-,11-9-,16-14-,17-15-,21-20-,24-23-,40-38-,46-44-. The molecule has 0 aliphatic carbocycles. The summed E-state index contributed by atoms with van der Waals surface area (Å²) < 4.78 is 22.5. The minimum Gasteiger partial charge on any atom is -0.545 e. The van der Waals surface area contributed by atoms with Crippen molar-refractivity contribution < 1.29 is 42.9 Å². The highest BCUT2D eigenvalue weighted by atomic mass is 16.7. The number of rotatable bonds is 49. The second kappa shape index (κ2) is 50.6. The molecule has 0 radical (unpaired) electrons. The first kappa shape index (κ1) is 65.2. The van der Waals surface area contributed by atoms with Gasteiger partial charge in [-0.2, -0.15) is 0 Å². The lowest BCUT2D eigenvalue weighted by molar-refractivity contribution is -0.870. The summed E-state index contributed by atoms with van der Waals surface area (Å²) in [6, 6.07) is 0. The van der Waals surface area contributed by atoms with Gasteiger partial charge in [0.1, 0.15) is 13.2 Å². The molecule has 0 aromatic heterocycles. The van der Waals surface area contributed by atoms with Crippen molar-refractivity contribution in [2.24, 2.45) is 0 Å². The number of allylic oxidation sites excluding steroid dienone is 16. The fourth-order valence-corrected chi connectivity index (χ4v) is 7.19. The van der Waals surface area contributed by atoms with E-state index >= 15 is 0 Å². The van der Waals surface area contributed by atoms with E-state index in [0.717, 1.165) is 70.6 Å². The fraction of sp³-hybridized carbons (Fsp3) is 0.683. The van der Waals surface area contributed by atoms with Gasteiger partial charge in [0.15, 0.2) is 12.4 Å². The molecule has 394 valence electrons. The molecule has 69 heavy (non-hydrogen) atoms. The Labute approximate surface area is 422 Å². The van der Waals surface area contributed by atoms with Gasteiger partial charge >= 0.3 is 11.9 Å². The maximum atomic E-state index is 12.8. The highest BCUT2D eigenvalue weighted by molar-refractivity contribution is 5.70. The van der Waals surface area contributed by atoms with Crippen LogP contribution in [-0.2, 0) is 33.3 Å². The topological polar surface area (TPSA) is 111 Å². The average Bonchev–Trinajstić information content (AvgIpc) is 3.31. The molecule has 0 amide bonds. The largest absolute Gasteiger partial charge is 0.545 e. The number of carbonyl (C=O) groups is 3. The highest BCUT2D eigenvalue weighted by Crippen LogP contribution is 2.16. The number of nitrogens with zero attached hydrogens (tertiary/aromatic N) is 1. The summed E-state index contributed by atoms with van der Waals surface area (Å²) in [6.45, 7) is 4.42. The van der Waals surface area contributed by atoms with Crippen LogP contribution in [0.1, 0.15) is 206 Å². The minimum atomic E-state index is -1.64. The zero-order chi connectivity index (χ0) is 50.6. The Kier molecular flexibility index (Phi) is 47.8. The Morgan fingerprint density at radius 2 is 0.812 bits per heavy atom. The van der Waals surface area contributed by atoms with Gasteiger partial charge in [0, 0.05) is 12.8 Å². The van der Waals surface area contributed by atoms with Crippen LogP contribution in [-0.4, -0.2) is 82.3 Å². The molecule has 0 aromatic carbocycles. The number of hydrogen-bond acceptors (Lipinski definition) is 8. The van der Waals surface area contributed by atoms with Crippen LogP contribution in [0.25, 0.3) is 0 Å². The van der Waals surface area contributed by atoms with Crippen molar-refractivity contribution in [1.82, 2.24) is 0 Å². The van der Waals surface area contributed by atoms with E-state index in [4.69, 9.17) is 18.9 Å². The van der Waals surface area contributed by atoms with Gasteiger partial charge in [0.2, 0.25) is 0 Å². The van der Waals surface area contributed by atoms with Gasteiger partial charge in [-0.15, -0.1) is 0 Å². The SMILES string of the molecule is CC/C=C\C/C=C\C/C=C\C/C=C\CCCCCCCCCCCCCCCCCCCCC(=O)OC(COC(=O)CC/C=C\C/C=C\C/C=C\C/C=C\CC)COC(OCC[N+](C)(C)C)C(=O)[O-]. The van der Waals surface area contributed by atoms with Crippen LogP contribution in [0.5, 0.6) is 0 Å². The van der Waals surface area contributed by atoms with Crippen molar-refractivity contribution in [2.45, 2.75) is 219 Å². The summed E-state index contributed by atoms with van der Waals surface area (Å²) in [5.41, 5.74) is 0. The summed E-state index contributed by atoms with van der Waals surface area (Å²) in [6.07, 6.45) is 64.9. The molecule has 0 spiro atoms. The monoisotopic (exact) mass is 964 g/mol. The third-order valence-corrected chi connectivity index (χ3v) is 11.3. The lowest BCUT2D eigenvalue weighted by atomic mass is 10.0. The first-order chi connectivity index (χ1) is 33.6. The number of carboxylic acid groups (broad SMARTS) is 1. The maximum Gasteiger partial charge on any atom is 0.306 e. The predicted octanol–water partition coefficient (Wildman–Crippen LogP) is 14.4. The summed E-state index contributed by atoms with van der Waals surface area (Å²) >= 11 is 0. The maximum absolute atomic E-state index is 12.8. The molecule has 0 aliphatic heterocycles. The van der Waals surface area contributed by atoms with Gasteiger partial charge in [0.05, 0.1) is 40.3 Å².